The van der Waals surface area contributed by atoms with Gasteiger partial charge in [-0.15, -0.1) is 0 Å². The van der Waals surface area contributed by atoms with Gasteiger partial charge in [0.05, 0.1) is 31.0 Å². The predicted octanol–water partition coefficient (Wildman–Crippen LogP) is 3.21. The number of carbonyl (C=O) groups excluding carboxylic acids is 2. The number of nitrogens with one attached hydrogen (secondary N) is 2. The summed E-state index contributed by atoms with van der Waals surface area (Å²) >= 11 is 0. The largest absolute Gasteiger partial charge is 0.497 e. The Labute approximate surface area is 172 Å². The van der Waals surface area contributed by atoms with Crippen molar-refractivity contribution in [3.63, 3.8) is 0 Å². The van der Waals surface area contributed by atoms with Crippen LogP contribution in [0.25, 0.3) is 11.0 Å². The van der Waals surface area contributed by atoms with Crippen molar-refractivity contribution >= 4 is 28.5 Å². The van der Waals surface area contributed by atoms with Gasteiger partial charge in [-0.3, -0.25) is 9.59 Å². The molecule has 0 aliphatic rings. The average molecular weight is 404 g/mol. The van der Waals surface area contributed by atoms with E-state index in [0.717, 1.165) is 11.0 Å². The van der Waals surface area contributed by atoms with E-state index in [1.165, 1.54) is 6.26 Å². The van der Waals surface area contributed by atoms with Gasteiger partial charge < -0.3 is 24.4 Å². The van der Waals surface area contributed by atoms with Crippen molar-refractivity contribution in [1.82, 2.24) is 14.9 Å². The summed E-state index contributed by atoms with van der Waals surface area (Å²) in [5.41, 5.74) is 2.19. The third-order valence-electron chi connectivity index (χ3n) is 4.54. The summed E-state index contributed by atoms with van der Waals surface area (Å²) in [6.07, 6.45) is 1.44. The second-order valence-electron chi connectivity index (χ2n) is 6.54. The molecule has 2 heterocycles. The van der Waals surface area contributed by atoms with Crippen LogP contribution in [0.5, 0.6) is 5.75 Å². The highest BCUT2D eigenvalue weighted by molar-refractivity contribution is 5.92. The van der Waals surface area contributed by atoms with Gasteiger partial charge in [-0.05, 0) is 36.4 Å². The van der Waals surface area contributed by atoms with Crippen molar-refractivity contribution in [3.05, 3.63) is 78.5 Å². The number of anilines is 1. The minimum absolute atomic E-state index is 0.0453. The van der Waals surface area contributed by atoms with E-state index >= 15 is 0 Å². The normalized spacial score (nSPS) is 10.7. The van der Waals surface area contributed by atoms with Gasteiger partial charge >= 0.3 is 0 Å². The molecule has 0 fully saturated rings. The molecular weight excluding hydrogens is 384 g/mol. The van der Waals surface area contributed by atoms with Crippen LogP contribution in [0.3, 0.4) is 0 Å². The number of fused-ring (bicyclic) bond motifs is 1. The maximum Gasteiger partial charge on any atom is 0.287 e. The van der Waals surface area contributed by atoms with Crippen molar-refractivity contribution in [1.29, 1.82) is 0 Å². The van der Waals surface area contributed by atoms with Crippen molar-refractivity contribution in [2.45, 2.75) is 13.1 Å². The molecule has 0 bridgehead atoms. The fraction of sp³-hybridized carbons (Fsp3) is 0.136. The first kappa shape index (κ1) is 19.3. The first-order chi connectivity index (χ1) is 14.6. The van der Waals surface area contributed by atoms with E-state index in [1.807, 2.05) is 24.3 Å². The van der Waals surface area contributed by atoms with Crippen LogP contribution in [0.1, 0.15) is 16.4 Å². The molecule has 2 aromatic carbocycles. The van der Waals surface area contributed by atoms with E-state index in [0.29, 0.717) is 17.3 Å². The summed E-state index contributed by atoms with van der Waals surface area (Å²) < 4.78 is 12.1. The van der Waals surface area contributed by atoms with Gasteiger partial charge in [0.2, 0.25) is 5.91 Å². The Morgan fingerprint density at radius 3 is 2.77 bits per heavy atom. The zero-order chi connectivity index (χ0) is 20.9. The fourth-order valence-corrected chi connectivity index (χ4v) is 3.14. The van der Waals surface area contributed by atoms with Gasteiger partial charge in [0.25, 0.3) is 5.91 Å². The van der Waals surface area contributed by atoms with Gasteiger partial charge in [-0.1, -0.05) is 18.2 Å². The van der Waals surface area contributed by atoms with Crippen LogP contribution in [0.15, 0.2) is 71.3 Å². The summed E-state index contributed by atoms with van der Waals surface area (Å²) in [5, 5.41) is 5.64. The molecule has 152 valence electrons. The zero-order valence-corrected chi connectivity index (χ0v) is 16.3. The number of nitrogens with zero attached hydrogens (tertiary/aromatic N) is 2. The predicted molar refractivity (Wildman–Crippen MR) is 111 cm³/mol. The quantitative estimate of drug-likeness (QED) is 0.493. The topological polar surface area (TPSA) is 98.4 Å². The Morgan fingerprint density at radius 1 is 1.10 bits per heavy atom. The molecule has 0 saturated carbocycles. The maximum atomic E-state index is 12.7. The summed E-state index contributed by atoms with van der Waals surface area (Å²) in [6.45, 7) is 0.199. The molecule has 30 heavy (non-hydrogen) atoms. The molecule has 0 spiro atoms. The van der Waals surface area contributed by atoms with Crippen LogP contribution in [0.2, 0.25) is 0 Å². The van der Waals surface area contributed by atoms with Crippen molar-refractivity contribution in [3.8, 4) is 5.75 Å². The Morgan fingerprint density at radius 2 is 1.97 bits per heavy atom. The van der Waals surface area contributed by atoms with Crippen LogP contribution in [0, 0.1) is 0 Å². The Hall–Kier alpha value is -4.07. The number of furan rings is 1. The molecule has 4 rings (SSSR count). The minimum Gasteiger partial charge on any atom is -0.497 e. The second kappa shape index (κ2) is 8.52. The first-order valence-corrected chi connectivity index (χ1v) is 9.34. The second-order valence-corrected chi connectivity index (χ2v) is 6.54. The number of ether oxygens (including phenoxy) is 1. The van der Waals surface area contributed by atoms with Crippen LogP contribution in [-0.4, -0.2) is 28.5 Å². The lowest BCUT2D eigenvalue weighted by Crippen LogP contribution is -2.26. The van der Waals surface area contributed by atoms with Crippen molar-refractivity contribution in [2.24, 2.45) is 0 Å². The third kappa shape index (κ3) is 4.17. The molecule has 0 aliphatic carbocycles. The summed E-state index contributed by atoms with van der Waals surface area (Å²) in [6, 6.07) is 17.9. The van der Waals surface area contributed by atoms with Crippen LogP contribution in [-0.2, 0) is 17.9 Å². The molecule has 2 N–H and O–H groups in total. The molecule has 0 unspecified atom stereocenters. The molecule has 4 aromatic rings. The number of benzene rings is 2. The molecule has 0 radical (unpaired) electrons. The number of amides is 2. The number of aromatic nitrogens is 2. The van der Waals surface area contributed by atoms with Gasteiger partial charge in [-0.2, -0.15) is 0 Å². The summed E-state index contributed by atoms with van der Waals surface area (Å²) in [4.78, 5) is 29.5. The zero-order valence-electron chi connectivity index (χ0n) is 16.3. The molecule has 0 saturated heterocycles. The van der Waals surface area contributed by atoms with E-state index in [-0.39, 0.29) is 30.7 Å². The lowest BCUT2D eigenvalue weighted by Gasteiger charge is -2.11. The highest BCUT2D eigenvalue weighted by Crippen LogP contribution is 2.19. The van der Waals surface area contributed by atoms with Crippen molar-refractivity contribution < 1.29 is 18.7 Å². The molecule has 0 atom stereocenters. The van der Waals surface area contributed by atoms with Crippen LogP contribution in [0.4, 0.5) is 5.69 Å². The Balaban J connectivity index is 1.53. The lowest BCUT2D eigenvalue weighted by atomic mass is 10.3. The number of carbonyl (C=O) groups is 2. The van der Waals surface area contributed by atoms with Gasteiger partial charge in [0.1, 0.15) is 18.1 Å². The highest BCUT2D eigenvalue weighted by Gasteiger charge is 2.16. The summed E-state index contributed by atoms with van der Waals surface area (Å²) in [7, 11) is 1.57. The highest BCUT2D eigenvalue weighted by atomic mass is 16.5. The van der Waals surface area contributed by atoms with Gasteiger partial charge in [-0.25, -0.2) is 4.98 Å². The number of rotatable bonds is 7. The van der Waals surface area contributed by atoms with E-state index in [2.05, 4.69) is 15.6 Å². The fourth-order valence-electron chi connectivity index (χ4n) is 3.14. The van der Waals surface area contributed by atoms with Crippen LogP contribution >= 0.6 is 0 Å². The van der Waals surface area contributed by atoms with Crippen molar-refractivity contribution in [2.75, 3.05) is 12.4 Å². The van der Waals surface area contributed by atoms with Gasteiger partial charge in [0.15, 0.2) is 5.76 Å². The SMILES string of the molecule is COc1cccc(NC(=O)Cn2c(CNC(=O)c3ccco3)nc3ccccc32)c1. The molecule has 8 heteroatoms. The number of imidazole rings is 1. The Kier molecular flexibility index (Phi) is 5.47. The minimum atomic E-state index is -0.348. The standard InChI is InChI=1S/C22H20N4O4/c1-29-16-7-4-6-15(12-16)24-21(27)14-26-18-9-3-2-8-17(18)25-20(26)13-23-22(28)19-10-5-11-30-19/h2-12H,13-14H2,1H3,(H,23,28)(H,24,27). The molecule has 0 aliphatic heterocycles. The number of hydrogen-bond acceptors (Lipinski definition) is 5. The molecular formula is C22H20N4O4. The first-order valence-electron chi connectivity index (χ1n) is 9.34. The monoisotopic (exact) mass is 404 g/mol. The van der Waals surface area contributed by atoms with E-state index in [9.17, 15) is 9.59 Å². The lowest BCUT2D eigenvalue weighted by molar-refractivity contribution is -0.116. The number of methoxy groups -OCH3 is 1. The number of para-hydroxylation sites is 2. The van der Waals surface area contributed by atoms with Crippen LogP contribution < -0.4 is 15.4 Å². The Bertz CT molecular complexity index is 1180. The third-order valence-corrected chi connectivity index (χ3v) is 4.54. The maximum absolute atomic E-state index is 12.7. The molecule has 8 nitrogen and oxygen atoms in total. The molecule has 2 aromatic heterocycles. The van der Waals surface area contributed by atoms with E-state index < -0.39 is 0 Å². The van der Waals surface area contributed by atoms with Gasteiger partial charge in [0, 0.05) is 11.8 Å². The molecule has 2 amide bonds. The smallest absolute Gasteiger partial charge is 0.287 e. The summed E-state index contributed by atoms with van der Waals surface area (Å²) in [5.74, 6) is 0.872. The number of hydrogen-bond donors (Lipinski definition) is 2. The van der Waals surface area contributed by atoms with E-state index in [1.54, 1.807) is 48.1 Å². The van der Waals surface area contributed by atoms with E-state index in [4.69, 9.17) is 9.15 Å². The average Bonchev–Trinajstić information content (AvgIpc) is 3.41.